The fourth-order valence-electron chi connectivity index (χ4n) is 0.936. The van der Waals surface area contributed by atoms with Crippen LogP contribution in [-0.4, -0.2) is 27.8 Å². The van der Waals surface area contributed by atoms with Crippen molar-refractivity contribution in [3.8, 4) is 0 Å². The molecule has 0 saturated heterocycles. The zero-order valence-corrected chi connectivity index (χ0v) is 7.04. The molecule has 0 amide bonds. The van der Waals surface area contributed by atoms with E-state index in [1.165, 1.54) is 0 Å². The molecule has 1 atom stereocenters. The molecule has 0 aliphatic heterocycles. The van der Waals surface area contributed by atoms with Gasteiger partial charge in [-0.25, -0.2) is 0 Å². The number of nitrogens with zero attached hydrogens (tertiary/aromatic N) is 1. The first-order valence-electron chi connectivity index (χ1n) is 3.87. The summed E-state index contributed by atoms with van der Waals surface area (Å²) in [5.41, 5.74) is 0. The summed E-state index contributed by atoms with van der Waals surface area (Å²) in [7, 11) is 0. The van der Waals surface area contributed by atoms with Crippen LogP contribution in [0.2, 0.25) is 0 Å². The van der Waals surface area contributed by atoms with Crippen LogP contribution in [0.3, 0.4) is 0 Å². The molecule has 0 spiro atoms. The molecule has 0 heterocycles. The molecule has 3 nitrogen and oxygen atoms in total. The summed E-state index contributed by atoms with van der Waals surface area (Å²) in [6.45, 7) is 5.98. The Kier molecular flexibility index (Phi) is 3.86. The van der Waals surface area contributed by atoms with Crippen LogP contribution in [0.4, 0.5) is 0 Å². The number of hydroxylamine groups is 4. The lowest BCUT2D eigenvalue weighted by atomic mass is 10.2. The van der Waals surface area contributed by atoms with Crippen LogP contribution in [0.25, 0.3) is 0 Å². The molecule has 0 radical (unpaired) electrons. The Hall–Kier alpha value is -0.120. The SMILES string of the molecule is CCCC(C)[N+](O)(O)CC. The Balaban J connectivity index is 3.78. The average Bonchev–Trinajstić information content (AvgIpc) is 1.89. The van der Waals surface area contributed by atoms with E-state index in [-0.39, 0.29) is 6.04 Å². The molecule has 0 bridgehead atoms. The molecule has 0 rings (SSSR count). The van der Waals surface area contributed by atoms with Crippen LogP contribution < -0.4 is 0 Å². The van der Waals surface area contributed by atoms with Crippen LogP contribution in [0, 0.1) is 0 Å². The van der Waals surface area contributed by atoms with Gasteiger partial charge in [-0.15, -0.1) is 0 Å². The third-order valence-corrected chi connectivity index (χ3v) is 1.88. The Bertz CT molecular complexity index is 93.6. The lowest BCUT2D eigenvalue weighted by molar-refractivity contribution is -1.26. The van der Waals surface area contributed by atoms with Gasteiger partial charge in [0.15, 0.2) is 0 Å². The quantitative estimate of drug-likeness (QED) is 0.471. The minimum atomic E-state index is -0.839. The Labute approximate surface area is 62.4 Å². The van der Waals surface area contributed by atoms with E-state index in [1.54, 1.807) is 6.92 Å². The molecular formula is C7H18NO2+. The topological polar surface area (TPSA) is 40.5 Å². The van der Waals surface area contributed by atoms with Gasteiger partial charge in [-0.05, 0) is 18.7 Å². The predicted octanol–water partition coefficient (Wildman–Crippen LogP) is 1.79. The van der Waals surface area contributed by atoms with Gasteiger partial charge in [0.25, 0.3) is 0 Å². The van der Waals surface area contributed by atoms with E-state index >= 15 is 0 Å². The summed E-state index contributed by atoms with van der Waals surface area (Å²) in [4.78, 5) is -0.839. The average molecular weight is 148 g/mol. The van der Waals surface area contributed by atoms with Gasteiger partial charge < -0.3 is 0 Å². The monoisotopic (exact) mass is 148 g/mol. The highest BCUT2D eigenvalue weighted by Gasteiger charge is 2.27. The van der Waals surface area contributed by atoms with Crippen LogP contribution in [0.15, 0.2) is 0 Å². The number of hydrogen-bond acceptors (Lipinski definition) is 2. The first kappa shape index (κ1) is 9.88. The highest BCUT2D eigenvalue weighted by Crippen LogP contribution is 2.09. The van der Waals surface area contributed by atoms with E-state index in [0.717, 1.165) is 12.8 Å². The Morgan fingerprint density at radius 3 is 2.10 bits per heavy atom. The standard InChI is InChI=1S/C7H18NO2/c1-4-6-7(3)8(9,10)5-2/h7,9-10H,4-6H2,1-3H3/q+1. The second-order valence-corrected chi connectivity index (χ2v) is 2.74. The van der Waals surface area contributed by atoms with Crippen molar-refractivity contribution in [1.29, 1.82) is 0 Å². The molecule has 0 aliphatic carbocycles. The third-order valence-electron chi connectivity index (χ3n) is 1.88. The molecular weight excluding hydrogens is 130 g/mol. The maximum absolute atomic E-state index is 9.22. The molecule has 0 aromatic carbocycles. The molecule has 3 heteroatoms. The zero-order chi connectivity index (χ0) is 8.20. The van der Waals surface area contributed by atoms with Crippen molar-refractivity contribution in [3.63, 3.8) is 0 Å². The summed E-state index contributed by atoms with van der Waals surface area (Å²) >= 11 is 0. The van der Waals surface area contributed by atoms with Crippen molar-refractivity contribution in [1.82, 2.24) is 0 Å². The van der Waals surface area contributed by atoms with Crippen LogP contribution in [-0.2, 0) is 0 Å². The number of rotatable bonds is 4. The molecule has 62 valence electrons. The van der Waals surface area contributed by atoms with E-state index < -0.39 is 4.81 Å². The summed E-state index contributed by atoms with van der Waals surface area (Å²) < 4.78 is 0. The van der Waals surface area contributed by atoms with E-state index in [4.69, 9.17) is 0 Å². The largest absolute Gasteiger partial charge is 0.182 e. The highest BCUT2D eigenvalue weighted by atomic mass is 16.8. The molecule has 0 aliphatic rings. The van der Waals surface area contributed by atoms with E-state index in [2.05, 4.69) is 0 Å². The minimum absolute atomic E-state index is 0.0741. The van der Waals surface area contributed by atoms with Gasteiger partial charge in [0, 0.05) is 6.42 Å². The normalized spacial score (nSPS) is 15.3. The molecule has 0 saturated carbocycles. The maximum atomic E-state index is 9.22. The molecule has 0 fully saturated rings. The van der Waals surface area contributed by atoms with E-state index in [1.807, 2.05) is 13.8 Å². The van der Waals surface area contributed by atoms with Crippen molar-refractivity contribution in [2.75, 3.05) is 6.54 Å². The summed E-state index contributed by atoms with van der Waals surface area (Å²) in [5, 5.41) is 18.4. The Morgan fingerprint density at radius 2 is 1.80 bits per heavy atom. The molecule has 10 heavy (non-hydrogen) atoms. The molecule has 2 N–H and O–H groups in total. The second kappa shape index (κ2) is 3.91. The van der Waals surface area contributed by atoms with Crippen molar-refractivity contribution < 1.29 is 15.2 Å². The predicted molar refractivity (Wildman–Crippen MR) is 38.7 cm³/mol. The number of hydrogen-bond donors (Lipinski definition) is 2. The van der Waals surface area contributed by atoms with Gasteiger partial charge in [0.1, 0.15) is 12.6 Å². The van der Waals surface area contributed by atoms with Crippen molar-refractivity contribution in [2.45, 2.75) is 39.7 Å². The zero-order valence-electron chi connectivity index (χ0n) is 7.04. The lowest BCUT2D eigenvalue weighted by Crippen LogP contribution is -2.48. The lowest BCUT2D eigenvalue weighted by Gasteiger charge is -2.25. The maximum Gasteiger partial charge on any atom is 0.149 e. The number of quaternary nitrogens is 1. The second-order valence-electron chi connectivity index (χ2n) is 2.74. The van der Waals surface area contributed by atoms with Crippen molar-refractivity contribution in [2.24, 2.45) is 0 Å². The molecule has 0 aromatic rings. The van der Waals surface area contributed by atoms with Crippen LogP contribution >= 0.6 is 0 Å². The first-order chi connectivity index (χ1) is 4.54. The fourth-order valence-corrected chi connectivity index (χ4v) is 0.936. The molecule has 0 aromatic heterocycles. The summed E-state index contributed by atoms with van der Waals surface area (Å²) in [6.07, 6.45) is 1.84. The van der Waals surface area contributed by atoms with Crippen LogP contribution in [0.1, 0.15) is 33.6 Å². The Morgan fingerprint density at radius 1 is 1.30 bits per heavy atom. The summed E-state index contributed by atoms with van der Waals surface area (Å²) in [6, 6.07) is -0.0741. The van der Waals surface area contributed by atoms with Gasteiger partial charge in [-0.1, -0.05) is 13.3 Å². The van der Waals surface area contributed by atoms with Crippen molar-refractivity contribution in [3.05, 3.63) is 0 Å². The third kappa shape index (κ3) is 2.64. The van der Waals surface area contributed by atoms with Gasteiger partial charge in [0.2, 0.25) is 0 Å². The van der Waals surface area contributed by atoms with Gasteiger partial charge in [-0.3, -0.25) is 0 Å². The molecule has 1 unspecified atom stereocenters. The van der Waals surface area contributed by atoms with Gasteiger partial charge in [-0.2, -0.15) is 10.4 Å². The highest BCUT2D eigenvalue weighted by molar-refractivity contribution is 4.44. The minimum Gasteiger partial charge on any atom is -0.182 e. The van der Waals surface area contributed by atoms with E-state index in [9.17, 15) is 10.4 Å². The first-order valence-corrected chi connectivity index (χ1v) is 3.87. The van der Waals surface area contributed by atoms with E-state index in [0.29, 0.717) is 6.54 Å². The fraction of sp³-hybridized carbons (Fsp3) is 1.00. The van der Waals surface area contributed by atoms with Crippen LogP contribution in [0.5, 0.6) is 0 Å². The van der Waals surface area contributed by atoms with Crippen molar-refractivity contribution >= 4 is 0 Å². The smallest absolute Gasteiger partial charge is 0.149 e. The van der Waals surface area contributed by atoms with Gasteiger partial charge >= 0.3 is 0 Å². The summed E-state index contributed by atoms with van der Waals surface area (Å²) in [5.74, 6) is 0. The van der Waals surface area contributed by atoms with Gasteiger partial charge in [0.05, 0.1) is 0 Å².